The number of imidazole rings is 2. The number of nitrogens with zero attached hydrogens (tertiary/aromatic N) is 6. The quantitative estimate of drug-likeness (QED) is 0.166. The summed E-state index contributed by atoms with van der Waals surface area (Å²) in [4.78, 5) is 71.0. The third kappa shape index (κ3) is 7.76. The number of carbonyl (C=O) groups is 3. The fourth-order valence-electron chi connectivity index (χ4n) is 9.66. The van der Waals surface area contributed by atoms with E-state index in [1.807, 2.05) is 24.9 Å². The van der Waals surface area contributed by atoms with E-state index in [-0.39, 0.29) is 67.3 Å². The average molecular weight is 843 g/mol. The first-order chi connectivity index (χ1) is 29.1. The van der Waals surface area contributed by atoms with Crippen molar-refractivity contribution in [2.75, 3.05) is 25.0 Å². The average Bonchev–Trinajstić information content (AvgIpc) is 3.70. The summed E-state index contributed by atoms with van der Waals surface area (Å²) in [6.07, 6.45) is 7.95. The number of benzene rings is 1. The number of imide groups is 1. The van der Waals surface area contributed by atoms with Gasteiger partial charge in [0.25, 0.3) is 17.4 Å². The monoisotopic (exact) mass is 842 g/mol. The zero-order chi connectivity index (χ0) is 42.9. The Morgan fingerprint density at radius 2 is 1.79 bits per heavy atom. The first-order valence-electron chi connectivity index (χ1n) is 21.2. The number of piperidine rings is 2. The highest BCUT2D eigenvalue weighted by Crippen LogP contribution is 2.43. The van der Waals surface area contributed by atoms with Gasteiger partial charge in [-0.15, -0.1) is 0 Å². The minimum absolute atomic E-state index is 0.0470. The normalized spacial score (nSPS) is 25.6. The van der Waals surface area contributed by atoms with Crippen LogP contribution in [0.3, 0.4) is 0 Å². The summed E-state index contributed by atoms with van der Waals surface area (Å²) in [5.41, 5.74) is 2.20. The fourth-order valence-corrected chi connectivity index (χ4v) is 9.66. The zero-order valence-electron chi connectivity index (χ0n) is 34.3. The molecule has 14 nitrogen and oxygen atoms in total. The lowest BCUT2D eigenvalue weighted by molar-refractivity contribution is -0.135. The summed E-state index contributed by atoms with van der Waals surface area (Å²) >= 11 is 0. The third-order valence-corrected chi connectivity index (χ3v) is 12.9. The van der Waals surface area contributed by atoms with E-state index in [9.17, 15) is 28.4 Å². The standard InChI is InChI=1S/C44H49F3N8O6/c1-24(2)61-37-19-38-48-32(22-53(38)21-28(37)40(57)49-31-5-4-15-54(42(31)59)35-18-30(35)45)26-8-6-25(7-9-26)20-52-16-14-29(44(46,47)23-52)27-10-11-33-36(17-27)51(3)43(60)55(33)34-12-13-39(56)50-41(34)58/h4-5,10-11,15,17,19,21-22,24-26,29-30,34-35H,6-9,12-14,16,18,20,23H2,1-3H3,(H,49,57)(H,50,56,58)/t25?,26?,29-,30+,34?,35-/m0/s1. The molecule has 322 valence electrons. The van der Waals surface area contributed by atoms with Crippen molar-refractivity contribution in [3.63, 3.8) is 0 Å². The van der Waals surface area contributed by atoms with Gasteiger partial charge in [-0.25, -0.2) is 22.9 Å². The van der Waals surface area contributed by atoms with E-state index in [1.54, 1.807) is 48.0 Å². The highest BCUT2D eigenvalue weighted by Gasteiger charge is 2.46. The number of likely N-dealkylation sites (tertiary alicyclic amines) is 1. The number of halogens is 3. The molecule has 1 aromatic carbocycles. The molecule has 2 aliphatic carbocycles. The summed E-state index contributed by atoms with van der Waals surface area (Å²) in [5.74, 6) is -4.79. The van der Waals surface area contributed by atoms with Crippen LogP contribution >= 0.6 is 0 Å². The fraction of sp³-hybridized carbons (Fsp3) is 0.500. The zero-order valence-corrected chi connectivity index (χ0v) is 34.3. The largest absolute Gasteiger partial charge is 0.490 e. The van der Waals surface area contributed by atoms with Gasteiger partial charge in [0.1, 0.15) is 29.3 Å². The Balaban J connectivity index is 0.839. The first-order valence-corrected chi connectivity index (χ1v) is 21.2. The minimum Gasteiger partial charge on any atom is -0.490 e. The van der Waals surface area contributed by atoms with Gasteiger partial charge in [0.15, 0.2) is 0 Å². The summed E-state index contributed by atoms with van der Waals surface area (Å²) in [6.45, 7) is 4.41. The molecular weight excluding hydrogens is 794 g/mol. The summed E-state index contributed by atoms with van der Waals surface area (Å²) in [6, 6.07) is 8.35. The summed E-state index contributed by atoms with van der Waals surface area (Å²) < 4.78 is 57.6. The van der Waals surface area contributed by atoms with Crippen LogP contribution < -0.4 is 26.6 Å². The molecule has 5 aromatic rings. The van der Waals surface area contributed by atoms with Gasteiger partial charge >= 0.3 is 5.69 Å². The van der Waals surface area contributed by atoms with Crippen LogP contribution in [-0.2, 0) is 16.6 Å². The van der Waals surface area contributed by atoms with Crippen molar-refractivity contribution in [2.24, 2.45) is 13.0 Å². The molecule has 4 atom stereocenters. The number of aryl methyl sites for hydroxylation is 1. The predicted molar refractivity (Wildman–Crippen MR) is 220 cm³/mol. The van der Waals surface area contributed by atoms with Crippen molar-refractivity contribution >= 4 is 40.1 Å². The van der Waals surface area contributed by atoms with Crippen LogP contribution in [-0.4, -0.2) is 83.5 Å². The van der Waals surface area contributed by atoms with Gasteiger partial charge in [-0.1, -0.05) is 6.07 Å². The molecule has 2 saturated heterocycles. The minimum atomic E-state index is -3.01. The van der Waals surface area contributed by atoms with Crippen molar-refractivity contribution in [1.29, 1.82) is 0 Å². The van der Waals surface area contributed by atoms with E-state index in [0.717, 1.165) is 31.4 Å². The first kappa shape index (κ1) is 40.7. The van der Waals surface area contributed by atoms with Crippen LogP contribution in [0.4, 0.5) is 18.9 Å². The molecule has 17 heteroatoms. The molecule has 1 unspecified atom stereocenters. The Hall–Kier alpha value is -5.71. The van der Waals surface area contributed by atoms with Gasteiger partial charge in [0.2, 0.25) is 11.8 Å². The van der Waals surface area contributed by atoms with Crippen molar-refractivity contribution < 1.29 is 32.3 Å². The molecule has 0 bridgehead atoms. The van der Waals surface area contributed by atoms with Crippen LogP contribution in [0.1, 0.15) is 111 Å². The van der Waals surface area contributed by atoms with E-state index < -0.39 is 53.2 Å². The third-order valence-electron chi connectivity index (χ3n) is 12.9. The number of alkyl halides is 3. The number of aromatic nitrogens is 5. The Morgan fingerprint density at radius 1 is 1.02 bits per heavy atom. The van der Waals surface area contributed by atoms with Crippen LogP contribution in [0.5, 0.6) is 5.75 Å². The Morgan fingerprint density at radius 3 is 2.49 bits per heavy atom. The highest BCUT2D eigenvalue weighted by atomic mass is 19.3. The van der Waals surface area contributed by atoms with Crippen LogP contribution in [0, 0.1) is 5.92 Å². The van der Waals surface area contributed by atoms with Gasteiger partial charge in [-0.05, 0) is 94.7 Å². The van der Waals surface area contributed by atoms with Gasteiger partial charge in [0.05, 0.1) is 46.9 Å². The maximum absolute atomic E-state index is 16.0. The van der Waals surface area contributed by atoms with Crippen LogP contribution in [0.2, 0.25) is 0 Å². The topological polar surface area (TPSA) is 154 Å². The second-order valence-corrected chi connectivity index (χ2v) is 17.5. The molecule has 6 heterocycles. The van der Waals surface area contributed by atoms with E-state index in [2.05, 4.69) is 10.6 Å². The molecule has 0 radical (unpaired) electrons. The molecule has 2 aliphatic heterocycles. The maximum Gasteiger partial charge on any atom is 0.329 e. The summed E-state index contributed by atoms with van der Waals surface area (Å²) in [7, 11) is 1.56. The number of fused-ring (bicyclic) bond motifs is 2. The SMILES string of the molecule is CC(C)Oc1cc2nc(C3CCC(CN4CC[C@@H](c5ccc6c(c5)n(C)c(=O)n6C5CCC(=O)NC5=O)C(F)(F)C4)CC3)cn2cc1C(=O)Nc1cccn([C@H]2C[C@H]2F)c1=O. The Bertz CT molecular complexity index is 2680. The van der Waals surface area contributed by atoms with Gasteiger partial charge in [0, 0.05) is 57.0 Å². The van der Waals surface area contributed by atoms with Crippen molar-refractivity contribution in [3.05, 3.63) is 92.6 Å². The second-order valence-electron chi connectivity index (χ2n) is 17.5. The lowest BCUT2D eigenvalue weighted by Gasteiger charge is -2.41. The molecule has 3 amide bonds. The molecule has 4 aliphatic rings. The van der Waals surface area contributed by atoms with Crippen molar-refractivity contribution in [3.8, 4) is 5.75 Å². The van der Waals surface area contributed by atoms with Gasteiger partial charge in [-0.2, -0.15) is 0 Å². The molecule has 0 spiro atoms. The Labute approximate surface area is 348 Å². The molecule has 4 fully saturated rings. The van der Waals surface area contributed by atoms with Gasteiger partial charge in [-0.3, -0.25) is 38.5 Å². The van der Waals surface area contributed by atoms with E-state index in [0.29, 0.717) is 41.1 Å². The van der Waals surface area contributed by atoms with E-state index in [1.165, 1.54) is 26.0 Å². The lowest BCUT2D eigenvalue weighted by Crippen LogP contribution is -2.49. The molecule has 61 heavy (non-hydrogen) atoms. The van der Waals surface area contributed by atoms with Crippen LogP contribution in [0.25, 0.3) is 16.7 Å². The molecular formula is C44H49F3N8O6. The van der Waals surface area contributed by atoms with E-state index >= 15 is 8.78 Å². The maximum atomic E-state index is 16.0. The number of rotatable bonds is 10. The predicted octanol–water partition coefficient (Wildman–Crippen LogP) is 5.85. The number of hydrogen-bond donors (Lipinski definition) is 2. The number of ether oxygens (including phenoxy) is 1. The number of nitrogens with one attached hydrogen (secondary N) is 2. The molecule has 2 saturated carbocycles. The highest BCUT2D eigenvalue weighted by molar-refractivity contribution is 6.06. The lowest BCUT2D eigenvalue weighted by atomic mass is 9.79. The van der Waals surface area contributed by atoms with E-state index in [4.69, 9.17) is 9.72 Å². The number of pyridine rings is 2. The number of hydrogen-bond acceptors (Lipinski definition) is 8. The molecule has 2 N–H and O–H groups in total. The Kier molecular flexibility index (Phi) is 10.4. The van der Waals surface area contributed by atoms with Crippen molar-refractivity contribution in [1.82, 2.24) is 33.3 Å². The van der Waals surface area contributed by atoms with Crippen LogP contribution in [0.15, 0.2) is 64.6 Å². The van der Waals surface area contributed by atoms with Gasteiger partial charge < -0.3 is 19.0 Å². The number of carbonyl (C=O) groups excluding carboxylic acids is 3. The number of amides is 3. The molecule has 4 aromatic heterocycles. The van der Waals surface area contributed by atoms with Crippen molar-refractivity contribution in [2.45, 2.75) is 107 Å². The number of anilines is 1. The second kappa shape index (κ2) is 15.6. The smallest absolute Gasteiger partial charge is 0.329 e. The molecule has 9 rings (SSSR count). The summed E-state index contributed by atoms with van der Waals surface area (Å²) in [5, 5.41) is 4.99.